The smallest absolute Gasteiger partial charge is 0.264 e. The Morgan fingerprint density at radius 1 is 0.925 bits per heavy atom. The molecular formula is C30H36FN3O5S. The Bertz CT molecular complexity index is 1370. The first-order chi connectivity index (χ1) is 19.1. The third-order valence-electron chi connectivity index (χ3n) is 6.48. The normalized spacial score (nSPS) is 12.7. The van der Waals surface area contributed by atoms with Gasteiger partial charge in [-0.1, -0.05) is 37.3 Å². The zero-order valence-electron chi connectivity index (χ0n) is 23.2. The van der Waals surface area contributed by atoms with Crippen molar-refractivity contribution in [2.45, 2.75) is 57.6 Å². The molecule has 0 heterocycles. The van der Waals surface area contributed by atoms with Crippen molar-refractivity contribution in [2.24, 2.45) is 0 Å². The monoisotopic (exact) mass is 569 g/mol. The van der Waals surface area contributed by atoms with Gasteiger partial charge in [-0.15, -0.1) is 0 Å². The van der Waals surface area contributed by atoms with Crippen LogP contribution in [-0.4, -0.2) is 50.4 Å². The van der Waals surface area contributed by atoms with Crippen LogP contribution in [0.3, 0.4) is 0 Å². The van der Waals surface area contributed by atoms with E-state index in [4.69, 9.17) is 4.74 Å². The largest absolute Gasteiger partial charge is 0.494 e. The van der Waals surface area contributed by atoms with Crippen LogP contribution < -0.4 is 14.4 Å². The maximum Gasteiger partial charge on any atom is 0.264 e. The topological polar surface area (TPSA) is 96.0 Å². The van der Waals surface area contributed by atoms with E-state index in [0.717, 1.165) is 34.1 Å². The minimum absolute atomic E-state index is 0.0946. The predicted molar refractivity (Wildman–Crippen MR) is 153 cm³/mol. The predicted octanol–water partition coefficient (Wildman–Crippen LogP) is 4.75. The van der Waals surface area contributed by atoms with E-state index in [2.05, 4.69) is 5.32 Å². The molecule has 0 unspecified atom stereocenters. The number of carbonyl (C=O) groups excluding carboxylic acids is 2. The zero-order valence-corrected chi connectivity index (χ0v) is 24.0. The standard InChI is InChI=1S/C30H36FN3O5S/c1-5-22(3)32-30(36)23(4)33(20-24-10-8-7-9-11-24)29(35)21-34(26-14-16-27(17-15-26)39-6-2)40(37,38)28-18-12-25(31)13-19-28/h7-19,22-23H,5-6,20-21H2,1-4H3,(H,32,36)/t22-,23+/m1/s1. The summed E-state index contributed by atoms with van der Waals surface area (Å²) in [6, 6.07) is 18.9. The van der Waals surface area contributed by atoms with E-state index >= 15 is 0 Å². The van der Waals surface area contributed by atoms with Gasteiger partial charge in [-0.2, -0.15) is 0 Å². The van der Waals surface area contributed by atoms with Crippen molar-refractivity contribution >= 4 is 27.5 Å². The number of amides is 2. The molecule has 0 saturated carbocycles. The third kappa shape index (κ3) is 7.81. The summed E-state index contributed by atoms with van der Waals surface area (Å²) in [5.41, 5.74) is 1.01. The van der Waals surface area contributed by atoms with Crippen LogP contribution in [0.5, 0.6) is 5.75 Å². The molecule has 3 rings (SSSR count). The lowest BCUT2D eigenvalue weighted by Crippen LogP contribution is -2.52. The number of benzene rings is 3. The second-order valence-electron chi connectivity index (χ2n) is 9.39. The number of anilines is 1. The molecule has 1 N–H and O–H groups in total. The number of carbonyl (C=O) groups is 2. The molecule has 2 atom stereocenters. The molecule has 3 aromatic carbocycles. The van der Waals surface area contributed by atoms with Crippen LogP contribution in [0.15, 0.2) is 83.8 Å². The van der Waals surface area contributed by atoms with Crippen molar-refractivity contribution in [2.75, 3.05) is 17.5 Å². The number of rotatable bonds is 13. The Kier molecular flexibility index (Phi) is 10.7. The van der Waals surface area contributed by atoms with Crippen molar-refractivity contribution in [1.29, 1.82) is 0 Å². The van der Waals surface area contributed by atoms with E-state index < -0.39 is 34.3 Å². The first-order valence-electron chi connectivity index (χ1n) is 13.2. The van der Waals surface area contributed by atoms with Gasteiger partial charge >= 0.3 is 0 Å². The Morgan fingerprint density at radius 3 is 2.12 bits per heavy atom. The molecule has 0 bridgehead atoms. The van der Waals surface area contributed by atoms with Gasteiger partial charge in [0.15, 0.2) is 0 Å². The van der Waals surface area contributed by atoms with Gasteiger partial charge in [0.05, 0.1) is 17.2 Å². The summed E-state index contributed by atoms with van der Waals surface area (Å²) < 4.78 is 47.6. The van der Waals surface area contributed by atoms with Crippen LogP contribution in [0.4, 0.5) is 10.1 Å². The van der Waals surface area contributed by atoms with Crippen molar-refractivity contribution in [3.8, 4) is 5.75 Å². The lowest BCUT2D eigenvalue weighted by molar-refractivity contribution is -0.139. The Balaban J connectivity index is 2.01. The second-order valence-corrected chi connectivity index (χ2v) is 11.3. The fourth-order valence-corrected chi connectivity index (χ4v) is 5.38. The molecule has 0 radical (unpaired) electrons. The number of hydrogen-bond donors (Lipinski definition) is 1. The fourth-order valence-electron chi connectivity index (χ4n) is 3.97. The number of hydrogen-bond acceptors (Lipinski definition) is 5. The zero-order chi connectivity index (χ0) is 29.3. The van der Waals surface area contributed by atoms with Gasteiger partial charge < -0.3 is 15.0 Å². The van der Waals surface area contributed by atoms with Crippen molar-refractivity contribution in [1.82, 2.24) is 10.2 Å². The maximum absolute atomic E-state index is 13.9. The van der Waals surface area contributed by atoms with Gasteiger partial charge in [0.2, 0.25) is 11.8 Å². The average molecular weight is 570 g/mol. The van der Waals surface area contributed by atoms with Gasteiger partial charge in [-0.25, -0.2) is 12.8 Å². The van der Waals surface area contributed by atoms with Crippen LogP contribution in [0.25, 0.3) is 0 Å². The summed E-state index contributed by atoms with van der Waals surface area (Å²) in [6.45, 7) is 7.21. The molecule has 214 valence electrons. The van der Waals surface area contributed by atoms with E-state index in [9.17, 15) is 22.4 Å². The molecule has 0 fully saturated rings. The molecule has 0 aromatic heterocycles. The van der Waals surface area contributed by atoms with E-state index in [-0.39, 0.29) is 29.1 Å². The molecule has 0 saturated heterocycles. The Morgan fingerprint density at radius 2 is 1.55 bits per heavy atom. The Labute approximate surface area is 235 Å². The first kappa shape index (κ1) is 30.6. The minimum atomic E-state index is -4.29. The lowest BCUT2D eigenvalue weighted by Gasteiger charge is -2.32. The average Bonchev–Trinajstić information content (AvgIpc) is 2.95. The Hall–Kier alpha value is -3.92. The molecule has 0 aliphatic carbocycles. The van der Waals surface area contributed by atoms with Crippen LogP contribution in [0, 0.1) is 5.82 Å². The first-order valence-corrected chi connectivity index (χ1v) is 14.7. The van der Waals surface area contributed by atoms with Gasteiger partial charge in [0, 0.05) is 12.6 Å². The summed E-state index contributed by atoms with van der Waals surface area (Å²) in [7, 11) is -4.29. The highest BCUT2D eigenvalue weighted by Gasteiger charge is 2.32. The second kappa shape index (κ2) is 13.9. The third-order valence-corrected chi connectivity index (χ3v) is 8.27. The SMILES string of the molecule is CCOc1ccc(N(CC(=O)N(Cc2ccccc2)[C@@H](C)C(=O)N[C@H](C)CC)S(=O)(=O)c2ccc(F)cc2)cc1. The van der Waals surface area contributed by atoms with Crippen molar-refractivity contribution < 1.29 is 27.1 Å². The van der Waals surface area contributed by atoms with Crippen LogP contribution in [-0.2, 0) is 26.2 Å². The summed E-state index contributed by atoms with van der Waals surface area (Å²) in [4.78, 5) is 28.2. The van der Waals surface area contributed by atoms with Crippen molar-refractivity contribution in [3.05, 3.63) is 90.2 Å². The van der Waals surface area contributed by atoms with E-state index in [1.165, 1.54) is 4.90 Å². The minimum Gasteiger partial charge on any atom is -0.494 e. The summed E-state index contributed by atoms with van der Waals surface area (Å²) in [6.07, 6.45) is 0.715. The van der Waals surface area contributed by atoms with Crippen LogP contribution in [0.2, 0.25) is 0 Å². The highest BCUT2D eigenvalue weighted by molar-refractivity contribution is 7.92. The highest BCUT2D eigenvalue weighted by Crippen LogP contribution is 2.27. The highest BCUT2D eigenvalue weighted by atomic mass is 32.2. The number of nitrogens with zero attached hydrogens (tertiary/aromatic N) is 2. The van der Waals surface area contributed by atoms with Gasteiger partial charge in [0.25, 0.3) is 10.0 Å². The van der Waals surface area contributed by atoms with Crippen molar-refractivity contribution in [3.63, 3.8) is 0 Å². The van der Waals surface area contributed by atoms with Crippen LogP contribution in [0.1, 0.15) is 39.7 Å². The fraction of sp³-hybridized carbons (Fsp3) is 0.333. The molecule has 0 aliphatic rings. The lowest BCUT2D eigenvalue weighted by atomic mass is 10.1. The van der Waals surface area contributed by atoms with E-state index in [1.54, 1.807) is 31.2 Å². The van der Waals surface area contributed by atoms with E-state index in [1.807, 2.05) is 51.1 Å². The van der Waals surface area contributed by atoms with Gasteiger partial charge in [-0.3, -0.25) is 13.9 Å². The van der Waals surface area contributed by atoms with Crippen LogP contribution >= 0.6 is 0 Å². The number of halogens is 1. The number of sulfonamides is 1. The summed E-state index contributed by atoms with van der Waals surface area (Å²) >= 11 is 0. The summed E-state index contributed by atoms with van der Waals surface area (Å²) in [5, 5.41) is 2.90. The molecule has 0 aliphatic heterocycles. The molecule has 2 amide bonds. The number of nitrogens with one attached hydrogen (secondary N) is 1. The molecule has 0 spiro atoms. The van der Waals surface area contributed by atoms with Gasteiger partial charge in [0.1, 0.15) is 24.2 Å². The molecule has 40 heavy (non-hydrogen) atoms. The van der Waals surface area contributed by atoms with E-state index in [0.29, 0.717) is 18.8 Å². The summed E-state index contributed by atoms with van der Waals surface area (Å²) in [5.74, 6) is -0.960. The molecule has 8 nitrogen and oxygen atoms in total. The quantitative estimate of drug-likeness (QED) is 0.321. The molecule has 3 aromatic rings. The molecule has 10 heteroatoms. The molecular weight excluding hydrogens is 533 g/mol. The maximum atomic E-state index is 13.9. The number of ether oxygens (including phenoxy) is 1. The van der Waals surface area contributed by atoms with Gasteiger partial charge in [-0.05, 0) is 81.3 Å².